The van der Waals surface area contributed by atoms with Crippen molar-refractivity contribution in [3.05, 3.63) is 23.5 Å². The summed E-state index contributed by atoms with van der Waals surface area (Å²) in [7, 11) is 5.84. The van der Waals surface area contributed by atoms with Crippen molar-refractivity contribution in [3.8, 4) is 5.75 Å². The summed E-state index contributed by atoms with van der Waals surface area (Å²) in [6.45, 7) is 2.81. The van der Waals surface area contributed by atoms with Gasteiger partial charge in [0.2, 0.25) is 0 Å². The van der Waals surface area contributed by atoms with Gasteiger partial charge in [-0.15, -0.1) is 0 Å². The summed E-state index contributed by atoms with van der Waals surface area (Å²) < 4.78 is 11.3. The first-order chi connectivity index (χ1) is 8.58. The highest BCUT2D eigenvalue weighted by Gasteiger charge is 2.31. The summed E-state index contributed by atoms with van der Waals surface area (Å²) in [6, 6.07) is 4.03. The molecule has 1 aromatic rings. The number of aryl methyl sites for hydroxylation is 1. The van der Waals surface area contributed by atoms with E-state index in [1.54, 1.807) is 7.11 Å². The highest BCUT2D eigenvalue weighted by Crippen LogP contribution is 2.29. The number of aromatic nitrogens is 1. The molecule has 0 unspecified atom stereocenters. The molecular weight excluding hydrogens is 228 g/mol. The predicted octanol–water partition coefficient (Wildman–Crippen LogP) is 2.01. The summed E-state index contributed by atoms with van der Waals surface area (Å²) in [5.41, 5.74) is 2.04. The van der Waals surface area contributed by atoms with E-state index in [1.807, 2.05) is 33.2 Å². The second-order valence-corrected chi connectivity index (χ2v) is 5.20. The minimum Gasteiger partial charge on any atom is -0.488 e. The lowest BCUT2D eigenvalue weighted by molar-refractivity contribution is -0.0387. The Hall–Kier alpha value is -1.13. The first-order valence-electron chi connectivity index (χ1n) is 6.39. The molecule has 1 fully saturated rings. The van der Waals surface area contributed by atoms with Crippen LogP contribution in [0.5, 0.6) is 5.75 Å². The molecule has 0 atom stereocenters. The molecule has 0 aliphatic heterocycles. The van der Waals surface area contributed by atoms with Crippen LogP contribution in [0.25, 0.3) is 0 Å². The fraction of sp³-hybridized carbons (Fsp3) is 0.643. The Morgan fingerprint density at radius 3 is 2.61 bits per heavy atom. The van der Waals surface area contributed by atoms with Crippen LogP contribution in [0.15, 0.2) is 12.1 Å². The van der Waals surface area contributed by atoms with Gasteiger partial charge >= 0.3 is 0 Å². The van der Waals surface area contributed by atoms with Crippen LogP contribution in [-0.2, 0) is 11.3 Å². The zero-order valence-electron chi connectivity index (χ0n) is 11.6. The molecule has 0 amide bonds. The Morgan fingerprint density at radius 2 is 2.00 bits per heavy atom. The van der Waals surface area contributed by atoms with E-state index in [4.69, 9.17) is 9.47 Å². The van der Waals surface area contributed by atoms with E-state index < -0.39 is 0 Å². The maximum absolute atomic E-state index is 6.00. The van der Waals surface area contributed by atoms with Crippen LogP contribution >= 0.6 is 0 Å². The average molecular weight is 250 g/mol. The van der Waals surface area contributed by atoms with Crippen molar-refractivity contribution in [2.75, 3.05) is 21.2 Å². The molecule has 0 bridgehead atoms. The second kappa shape index (κ2) is 5.67. The van der Waals surface area contributed by atoms with E-state index in [-0.39, 0.29) is 6.10 Å². The third kappa shape index (κ3) is 3.21. The summed E-state index contributed by atoms with van der Waals surface area (Å²) in [4.78, 5) is 6.67. The van der Waals surface area contributed by atoms with E-state index in [2.05, 4.69) is 9.88 Å². The molecule has 1 aliphatic carbocycles. The fourth-order valence-electron chi connectivity index (χ4n) is 2.10. The third-order valence-electron chi connectivity index (χ3n) is 3.22. The molecule has 0 spiro atoms. The van der Waals surface area contributed by atoms with Crippen molar-refractivity contribution >= 4 is 0 Å². The molecule has 0 radical (unpaired) electrons. The van der Waals surface area contributed by atoms with E-state index >= 15 is 0 Å². The van der Waals surface area contributed by atoms with Crippen molar-refractivity contribution in [1.82, 2.24) is 9.88 Å². The molecule has 0 N–H and O–H groups in total. The summed E-state index contributed by atoms with van der Waals surface area (Å²) in [5.74, 6) is 0.911. The quantitative estimate of drug-likeness (QED) is 0.800. The molecule has 2 rings (SSSR count). The summed E-state index contributed by atoms with van der Waals surface area (Å²) in [5, 5.41) is 0. The summed E-state index contributed by atoms with van der Waals surface area (Å²) in [6.07, 6.45) is 2.60. The van der Waals surface area contributed by atoms with Crippen LogP contribution in [0.3, 0.4) is 0 Å². The second-order valence-electron chi connectivity index (χ2n) is 5.20. The molecule has 1 aliphatic rings. The van der Waals surface area contributed by atoms with E-state index in [0.717, 1.165) is 36.5 Å². The molecule has 1 saturated carbocycles. The van der Waals surface area contributed by atoms with E-state index in [9.17, 15) is 0 Å². The Balaban J connectivity index is 2.03. The van der Waals surface area contributed by atoms with Crippen LogP contribution in [0.2, 0.25) is 0 Å². The van der Waals surface area contributed by atoms with E-state index in [0.29, 0.717) is 6.10 Å². The van der Waals surface area contributed by atoms with Crippen LogP contribution in [0, 0.1) is 6.92 Å². The largest absolute Gasteiger partial charge is 0.488 e. The average Bonchev–Trinajstić information content (AvgIpc) is 2.24. The molecule has 4 heteroatoms. The van der Waals surface area contributed by atoms with Crippen LogP contribution in [0.1, 0.15) is 24.2 Å². The van der Waals surface area contributed by atoms with Gasteiger partial charge in [0, 0.05) is 32.2 Å². The first kappa shape index (κ1) is 13.3. The number of pyridine rings is 1. The normalized spacial score (nSPS) is 22.9. The number of rotatable bonds is 5. The molecule has 4 nitrogen and oxygen atoms in total. The Bertz CT molecular complexity index is 401. The number of methoxy groups -OCH3 is 1. The third-order valence-corrected chi connectivity index (χ3v) is 3.22. The zero-order chi connectivity index (χ0) is 13.1. The van der Waals surface area contributed by atoms with E-state index in [1.165, 1.54) is 0 Å². The maximum Gasteiger partial charge on any atom is 0.142 e. The number of hydrogen-bond acceptors (Lipinski definition) is 4. The molecule has 1 aromatic heterocycles. The topological polar surface area (TPSA) is 34.6 Å². The molecule has 0 saturated heterocycles. The highest BCUT2D eigenvalue weighted by atomic mass is 16.5. The van der Waals surface area contributed by atoms with Crippen molar-refractivity contribution in [2.45, 2.75) is 38.5 Å². The molecule has 1 heterocycles. The molecule has 0 aromatic carbocycles. The Labute approximate surface area is 109 Å². The minimum absolute atomic E-state index is 0.278. The van der Waals surface area contributed by atoms with Crippen molar-refractivity contribution in [3.63, 3.8) is 0 Å². The Morgan fingerprint density at radius 1 is 1.28 bits per heavy atom. The van der Waals surface area contributed by atoms with Gasteiger partial charge in [0.15, 0.2) is 0 Å². The van der Waals surface area contributed by atoms with Gasteiger partial charge < -0.3 is 14.4 Å². The van der Waals surface area contributed by atoms with Crippen LogP contribution < -0.4 is 4.74 Å². The van der Waals surface area contributed by atoms with Gasteiger partial charge in [-0.05, 0) is 33.2 Å². The van der Waals surface area contributed by atoms with Gasteiger partial charge in [0.1, 0.15) is 11.9 Å². The van der Waals surface area contributed by atoms with Gasteiger partial charge in [0.05, 0.1) is 11.8 Å². The smallest absolute Gasteiger partial charge is 0.142 e. The predicted molar refractivity (Wildman–Crippen MR) is 70.8 cm³/mol. The van der Waals surface area contributed by atoms with Crippen molar-refractivity contribution in [2.24, 2.45) is 0 Å². The summed E-state index contributed by atoms with van der Waals surface area (Å²) >= 11 is 0. The number of ether oxygens (including phenoxy) is 2. The standard InChI is InChI=1S/C14H22N2O2/c1-10-5-6-14(13(15-10)9-16(2)3)18-12-7-11(8-12)17-4/h5-6,11-12H,7-9H2,1-4H3. The number of nitrogens with zero attached hydrogens (tertiary/aromatic N) is 2. The fourth-order valence-corrected chi connectivity index (χ4v) is 2.10. The SMILES string of the molecule is COC1CC(Oc2ccc(C)nc2CN(C)C)C1. The lowest BCUT2D eigenvalue weighted by atomic mass is 9.92. The minimum atomic E-state index is 0.278. The molecular formula is C14H22N2O2. The van der Waals surface area contributed by atoms with Gasteiger partial charge in [-0.25, -0.2) is 0 Å². The lowest BCUT2D eigenvalue weighted by Crippen LogP contribution is -2.39. The van der Waals surface area contributed by atoms with Gasteiger partial charge in [0.25, 0.3) is 0 Å². The Kier molecular flexibility index (Phi) is 4.19. The zero-order valence-corrected chi connectivity index (χ0v) is 11.6. The van der Waals surface area contributed by atoms with Crippen molar-refractivity contribution in [1.29, 1.82) is 0 Å². The van der Waals surface area contributed by atoms with Gasteiger partial charge in [-0.3, -0.25) is 4.98 Å². The van der Waals surface area contributed by atoms with Crippen LogP contribution in [0.4, 0.5) is 0 Å². The number of hydrogen-bond donors (Lipinski definition) is 0. The molecule has 100 valence electrons. The van der Waals surface area contributed by atoms with Crippen molar-refractivity contribution < 1.29 is 9.47 Å². The highest BCUT2D eigenvalue weighted by molar-refractivity contribution is 5.29. The maximum atomic E-state index is 6.00. The monoisotopic (exact) mass is 250 g/mol. The lowest BCUT2D eigenvalue weighted by Gasteiger charge is -2.34. The van der Waals surface area contributed by atoms with Gasteiger partial charge in [-0.1, -0.05) is 0 Å². The first-order valence-corrected chi connectivity index (χ1v) is 6.39. The van der Waals surface area contributed by atoms with Gasteiger partial charge in [-0.2, -0.15) is 0 Å². The van der Waals surface area contributed by atoms with Crippen LogP contribution in [-0.4, -0.2) is 43.3 Å². The molecule has 18 heavy (non-hydrogen) atoms.